The van der Waals surface area contributed by atoms with Gasteiger partial charge in [-0.1, -0.05) is 36.1 Å². The molecule has 1 aliphatic rings. The third-order valence-corrected chi connectivity index (χ3v) is 5.45. The molecule has 1 fully saturated rings. The lowest BCUT2D eigenvalue weighted by atomic mass is 10.2. The lowest BCUT2D eigenvalue weighted by molar-refractivity contribution is 0.389. The predicted molar refractivity (Wildman–Crippen MR) is 99.4 cm³/mol. The Labute approximate surface area is 148 Å². The van der Waals surface area contributed by atoms with Crippen molar-refractivity contribution in [1.82, 2.24) is 9.29 Å². The Morgan fingerprint density at radius 1 is 0.960 bits per heavy atom. The van der Waals surface area contributed by atoms with E-state index in [-0.39, 0.29) is 0 Å². The smallest absolute Gasteiger partial charge is 0.236 e. The van der Waals surface area contributed by atoms with Crippen LogP contribution in [-0.2, 0) is 10.0 Å². The van der Waals surface area contributed by atoms with Crippen LogP contribution < -0.4 is 4.90 Å². The van der Waals surface area contributed by atoms with Gasteiger partial charge in [-0.2, -0.15) is 4.31 Å². The minimum atomic E-state index is -3.44. The minimum absolute atomic E-state index is 0.440. The van der Waals surface area contributed by atoms with E-state index in [1.54, 1.807) is 6.20 Å². The minimum Gasteiger partial charge on any atom is -0.354 e. The second kappa shape index (κ2) is 7.97. The lowest BCUT2D eigenvalue weighted by Gasteiger charge is -2.33. The maximum Gasteiger partial charge on any atom is 0.236 e. The van der Waals surface area contributed by atoms with Crippen molar-refractivity contribution in [3.05, 3.63) is 71.8 Å². The molecule has 0 radical (unpaired) electrons. The second-order valence-corrected chi connectivity index (χ2v) is 7.38. The number of nitrogens with zero attached hydrogens (tertiary/aromatic N) is 3. The summed E-state index contributed by atoms with van der Waals surface area (Å²) in [6.07, 6.45) is 3.14. The maximum atomic E-state index is 12.4. The van der Waals surface area contributed by atoms with Gasteiger partial charge in [0.15, 0.2) is 0 Å². The summed E-state index contributed by atoms with van der Waals surface area (Å²) in [5.74, 6) is 6.57. The Morgan fingerprint density at radius 2 is 1.68 bits per heavy atom. The number of sulfonamides is 1. The summed E-state index contributed by atoms with van der Waals surface area (Å²) in [6.45, 7) is 2.13. The van der Waals surface area contributed by atoms with Crippen molar-refractivity contribution in [2.24, 2.45) is 0 Å². The Balaban J connectivity index is 1.59. The van der Waals surface area contributed by atoms with Gasteiger partial charge in [0, 0.05) is 44.0 Å². The maximum absolute atomic E-state index is 12.4. The summed E-state index contributed by atoms with van der Waals surface area (Å²) in [5.41, 5.74) is 0.855. The van der Waals surface area contributed by atoms with Gasteiger partial charge >= 0.3 is 0 Å². The van der Waals surface area contributed by atoms with Gasteiger partial charge in [-0.3, -0.25) is 0 Å². The number of hydrogen-bond donors (Lipinski definition) is 0. The fraction of sp³-hybridized carbons (Fsp3) is 0.211. The van der Waals surface area contributed by atoms with Crippen LogP contribution in [0.25, 0.3) is 0 Å². The van der Waals surface area contributed by atoms with Crippen molar-refractivity contribution >= 4 is 15.8 Å². The molecule has 3 rings (SSSR count). The highest BCUT2D eigenvalue weighted by atomic mass is 32.2. The summed E-state index contributed by atoms with van der Waals surface area (Å²) in [6, 6.07) is 15.2. The quantitative estimate of drug-likeness (QED) is 0.793. The molecule has 0 bridgehead atoms. The highest BCUT2D eigenvalue weighted by molar-refractivity contribution is 7.92. The van der Waals surface area contributed by atoms with E-state index in [9.17, 15) is 8.42 Å². The van der Waals surface area contributed by atoms with E-state index in [0.29, 0.717) is 26.2 Å². The van der Waals surface area contributed by atoms with Crippen LogP contribution in [0.1, 0.15) is 5.56 Å². The highest BCUT2D eigenvalue weighted by Gasteiger charge is 2.25. The van der Waals surface area contributed by atoms with Crippen molar-refractivity contribution in [3.63, 3.8) is 0 Å². The molecule has 1 saturated heterocycles. The van der Waals surface area contributed by atoms with Crippen LogP contribution in [-0.4, -0.2) is 43.9 Å². The van der Waals surface area contributed by atoms with E-state index in [2.05, 4.69) is 21.7 Å². The normalized spacial score (nSPS) is 15.8. The molecular formula is C19H19N3O2S. The van der Waals surface area contributed by atoms with E-state index in [4.69, 9.17) is 0 Å². The number of allylic oxidation sites excluding steroid dienone is 1. The van der Waals surface area contributed by atoms with Crippen LogP contribution >= 0.6 is 0 Å². The monoisotopic (exact) mass is 353 g/mol. The molecule has 1 aromatic carbocycles. The zero-order valence-electron chi connectivity index (χ0n) is 13.7. The first-order chi connectivity index (χ1) is 12.1. The second-order valence-electron chi connectivity index (χ2n) is 5.56. The largest absolute Gasteiger partial charge is 0.354 e. The Morgan fingerprint density at radius 3 is 2.36 bits per heavy atom. The van der Waals surface area contributed by atoms with Gasteiger partial charge in [0.05, 0.1) is 5.41 Å². The Kier molecular flexibility index (Phi) is 5.49. The van der Waals surface area contributed by atoms with Crippen molar-refractivity contribution in [1.29, 1.82) is 0 Å². The number of hydrogen-bond acceptors (Lipinski definition) is 4. The number of benzene rings is 1. The molecule has 0 N–H and O–H groups in total. The first kappa shape index (κ1) is 17.2. The summed E-state index contributed by atoms with van der Waals surface area (Å²) >= 11 is 0. The van der Waals surface area contributed by atoms with Gasteiger partial charge in [0.1, 0.15) is 5.82 Å². The van der Waals surface area contributed by atoms with Crippen LogP contribution in [0.15, 0.2) is 66.2 Å². The molecule has 25 heavy (non-hydrogen) atoms. The standard InChI is InChI=1S/C19H19N3O2S/c23-25(24,17-7-5-10-18-8-2-1-3-9-18)22-15-13-21(14-16-22)19-11-4-6-12-20-19/h1-4,6-9,11-12,17H,13-16H2. The molecule has 1 aromatic heterocycles. The van der Waals surface area contributed by atoms with Gasteiger partial charge in [0.25, 0.3) is 0 Å². The SMILES string of the molecule is O=S(=O)(C=CC#Cc1ccccc1)N1CCN(c2ccccn2)CC1. The molecule has 0 saturated carbocycles. The van der Waals surface area contributed by atoms with Crippen molar-refractivity contribution in [2.75, 3.05) is 31.1 Å². The van der Waals surface area contributed by atoms with Crippen LogP contribution in [0.2, 0.25) is 0 Å². The molecule has 128 valence electrons. The predicted octanol–water partition coefficient (Wildman–Crippen LogP) is 2.10. The molecule has 0 unspecified atom stereocenters. The van der Waals surface area contributed by atoms with E-state index < -0.39 is 10.0 Å². The molecule has 2 heterocycles. The highest BCUT2D eigenvalue weighted by Crippen LogP contribution is 2.15. The number of anilines is 1. The molecular weight excluding hydrogens is 334 g/mol. The Bertz CT molecular complexity index is 877. The molecule has 6 heteroatoms. The van der Waals surface area contributed by atoms with Gasteiger partial charge in [-0.25, -0.2) is 13.4 Å². The topological polar surface area (TPSA) is 53.5 Å². The zero-order chi connectivity index (χ0) is 17.5. The number of piperazine rings is 1. The average Bonchev–Trinajstić information content (AvgIpc) is 2.67. The summed E-state index contributed by atoms with van der Waals surface area (Å²) in [5, 5.41) is 1.18. The van der Waals surface area contributed by atoms with E-state index in [1.165, 1.54) is 15.8 Å². The van der Waals surface area contributed by atoms with Gasteiger partial charge in [-0.15, -0.1) is 0 Å². The van der Waals surface area contributed by atoms with Gasteiger partial charge in [0.2, 0.25) is 10.0 Å². The molecule has 1 aliphatic heterocycles. The van der Waals surface area contributed by atoms with Crippen LogP contribution in [0, 0.1) is 11.8 Å². The third-order valence-electron chi connectivity index (χ3n) is 3.89. The van der Waals surface area contributed by atoms with Crippen molar-refractivity contribution < 1.29 is 8.42 Å². The fourth-order valence-electron chi connectivity index (χ4n) is 2.57. The van der Waals surface area contributed by atoms with Crippen LogP contribution in [0.5, 0.6) is 0 Å². The van der Waals surface area contributed by atoms with Crippen LogP contribution in [0.4, 0.5) is 5.82 Å². The summed E-state index contributed by atoms with van der Waals surface area (Å²) in [7, 11) is -3.44. The first-order valence-corrected chi connectivity index (χ1v) is 9.55. The van der Waals surface area contributed by atoms with Gasteiger partial charge in [-0.05, 0) is 24.3 Å². The zero-order valence-corrected chi connectivity index (χ0v) is 14.6. The molecule has 5 nitrogen and oxygen atoms in total. The number of rotatable bonds is 3. The molecule has 2 aromatic rings. The summed E-state index contributed by atoms with van der Waals surface area (Å²) < 4.78 is 26.2. The van der Waals surface area contributed by atoms with Crippen molar-refractivity contribution in [2.45, 2.75) is 0 Å². The molecule has 0 amide bonds. The summed E-state index contributed by atoms with van der Waals surface area (Å²) in [4.78, 5) is 6.39. The third kappa shape index (κ3) is 4.69. The average molecular weight is 353 g/mol. The van der Waals surface area contributed by atoms with Gasteiger partial charge < -0.3 is 4.90 Å². The van der Waals surface area contributed by atoms with Crippen molar-refractivity contribution in [3.8, 4) is 11.8 Å². The molecule has 0 aliphatic carbocycles. The van der Waals surface area contributed by atoms with E-state index >= 15 is 0 Å². The van der Waals surface area contributed by atoms with Crippen LogP contribution in [0.3, 0.4) is 0 Å². The van der Waals surface area contributed by atoms with E-state index in [0.717, 1.165) is 11.4 Å². The fourth-order valence-corrected chi connectivity index (χ4v) is 3.65. The first-order valence-electron chi connectivity index (χ1n) is 8.04. The molecule has 0 atom stereocenters. The number of pyridine rings is 1. The Hall–Kier alpha value is -2.62. The number of aromatic nitrogens is 1. The van der Waals surface area contributed by atoms with E-state index in [1.807, 2.05) is 48.5 Å². The lowest BCUT2D eigenvalue weighted by Crippen LogP contribution is -2.48. The molecule has 0 spiro atoms.